The Hall–Kier alpha value is -2.37. The normalized spacial score (nSPS) is 11.7. The Morgan fingerprint density at radius 1 is 1.22 bits per heavy atom. The number of benzene rings is 1. The smallest absolute Gasteiger partial charge is 0.207 e. The van der Waals surface area contributed by atoms with Crippen molar-refractivity contribution in [1.29, 1.82) is 10.5 Å². The summed E-state index contributed by atoms with van der Waals surface area (Å²) in [7, 11) is -0.849. The molecule has 0 N–H and O–H groups in total. The molecule has 5 nitrogen and oxygen atoms in total. The molecule has 0 saturated carbocycles. The monoisotopic (exact) mass is 340 g/mol. The second-order valence-corrected chi connectivity index (χ2v) is 6.90. The average Bonchev–Trinajstić information content (AvgIpc) is 2.54. The third-order valence-electron chi connectivity index (χ3n) is 3.09. The molecule has 23 heavy (non-hydrogen) atoms. The molecule has 3 radical (unpaired) electrons. The van der Waals surface area contributed by atoms with Crippen molar-refractivity contribution in [1.82, 2.24) is 4.31 Å². The van der Waals surface area contributed by atoms with Gasteiger partial charge in [-0.1, -0.05) is 23.6 Å². The Balaban J connectivity index is 3.30. The molecule has 1 rings (SSSR count). The fourth-order valence-electron chi connectivity index (χ4n) is 1.69. The van der Waals surface area contributed by atoms with Gasteiger partial charge in [-0.25, -0.2) is 8.42 Å². The van der Waals surface area contributed by atoms with E-state index < -0.39 is 10.0 Å². The minimum absolute atomic E-state index is 0.0937. The number of nitrogens with zero attached hydrogens (tertiary/aromatic N) is 3. The van der Waals surface area contributed by atoms with Gasteiger partial charge in [0, 0.05) is 5.57 Å². The van der Waals surface area contributed by atoms with Crippen molar-refractivity contribution in [2.24, 2.45) is 0 Å². The largest absolute Gasteiger partial charge is 0.244 e. The van der Waals surface area contributed by atoms with Crippen LogP contribution in [-0.4, -0.2) is 36.1 Å². The van der Waals surface area contributed by atoms with Crippen molar-refractivity contribution in [2.75, 3.05) is 13.1 Å². The summed E-state index contributed by atoms with van der Waals surface area (Å²) in [5.41, 5.74) is 3.67. The van der Waals surface area contributed by atoms with Gasteiger partial charge in [0.05, 0.1) is 35.7 Å². The third-order valence-corrected chi connectivity index (χ3v) is 5.08. The van der Waals surface area contributed by atoms with E-state index in [1.165, 1.54) is 19.1 Å². The molecule has 0 heterocycles. The first-order chi connectivity index (χ1) is 10.9. The molecule has 1 aromatic carbocycles. The summed E-state index contributed by atoms with van der Waals surface area (Å²) in [6.45, 7) is 3.04. The summed E-state index contributed by atoms with van der Waals surface area (Å²) >= 11 is 0. The zero-order valence-corrected chi connectivity index (χ0v) is 14.6. The van der Waals surface area contributed by atoms with Crippen LogP contribution >= 0.6 is 0 Å². The number of aryl methyl sites for hydroxylation is 1. The third kappa shape index (κ3) is 4.80. The van der Waals surface area contributed by atoms with Gasteiger partial charge in [0.1, 0.15) is 10.2 Å². The summed E-state index contributed by atoms with van der Waals surface area (Å²) in [5, 5.41) is 18.1. The zero-order chi connectivity index (χ0) is 17.5. The second-order valence-electron chi connectivity index (χ2n) is 4.72. The molecule has 0 aliphatic heterocycles. The molecule has 0 unspecified atom stereocenters. The van der Waals surface area contributed by atoms with Crippen LogP contribution in [-0.2, 0) is 10.0 Å². The van der Waals surface area contributed by atoms with Gasteiger partial charge in [0.15, 0.2) is 0 Å². The minimum atomic E-state index is -3.82. The Bertz CT molecular complexity index is 848. The van der Waals surface area contributed by atoms with E-state index in [4.69, 9.17) is 10.5 Å². The lowest BCUT2D eigenvalue weighted by molar-refractivity contribution is 0.473. The summed E-state index contributed by atoms with van der Waals surface area (Å²) in [6.07, 6.45) is 0. The van der Waals surface area contributed by atoms with Gasteiger partial charge in [-0.3, -0.25) is 0 Å². The summed E-state index contributed by atoms with van der Waals surface area (Å²) in [5.74, 6) is 2.62. The maximum absolute atomic E-state index is 12.7. The molecule has 0 fully saturated rings. The molecular formula is C16H14N3O2SSi. The van der Waals surface area contributed by atoms with Crippen LogP contribution in [0, 0.1) is 41.1 Å². The topological polar surface area (TPSA) is 85.0 Å². The number of allylic oxidation sites excluding steroid dienone is 1. The number of hydrogen-bond donors (Lipinski definition) is 0. The molecule has 1 aromatic rings. The van der Waals surface area contributed by atoms with Gasteiger partial charge < -0.3 is 0 Å². The molecule has 7 heteroatoms. The van der Waals surface area contributed by atoms with Gasteiger partial charge in [0.25, 0.3) is 0 Å². The molecular weight excluding hydrogens is 326 g/mol. The van der Waals surface area contributed by atoms with E-state index in [1.54, 1.807) is 12.1 Å². The Kier molecular flexibility index (Phi) is 6.75. The predicted octanol–water partition coefficient (Wildman–Crippen LogP) is 1.48. The highest BCUT2D eigenvalue weighted by Gasteiger charge is 2.25. The van der Waals surface area contributed by atoms with Crippen molar-refractivity contribution in [3.8, 4) is 23.6 Å². The average molecular weight is 340 g/mol. The Morgan fingerprint density at radius 2 is 1.83 bits per heavy atom. The first-order valence-corrected chi connectivity index (χ1v) is 8.52. The van der Waals surface area contributed by atoms with E-state index in [-0.39, 0.29) is 29.1 Å². The molecule has 0 atom stereocenters. The summed E-state index contributed by atoms with van der Waals surface area (Å²) < 4.78 is 26.6. The zero-order valence-electron chi connectivity index (χ0n) is 12.8. The van der Waals surface area contributed by atoms with E-state index in [2.05, 4.69) is 21.7 Å². The van der Waals surface area contributed by atoms with Crippen molar-refractivity contribution < 1.29 is 8.42 Å². The van der Waals surface area contributed by atoms with E-state index in [0.29, 0.717) is 0 Å². The Labute approximate surface area is 140 Å². The lowest BCUT2D eigenvalue weighted by atomic mass is 10.1. The van der Waals surface area contributed by atoms with E-state index >= 15 is 0 Å². The van der Waals surface area contributed by atoms with E-state index in [1.807, 2.05) is 19.1 Å². The number of rotatable bonds is 5. The molecule has 0 saturated heterocycles. The maximum atomic E-state index is 12.7. The molecule has 0 aliphatic rings. The van der Waals surface area contributed by atoms with Gasteiger partial charge in [-0.2, -0.15) is 14.8 Å². The molecule has 0 bridgehead atoms. The fraction of sp³-hybridized carbons (Fsp3) is 0.250. The first-order valence-electron chi connectivity index (χ1n) is 6.58. The molecule has 115 valence electrons. The number of hydrogen-bond acceptors (Lipinski definition) is 4. The molecule has 0 amide bonds. The minimum Gasteiger partial charge on any atom is -0.207 e. The van der Waals surface area contributed by atoms with Crippen LogP contribution in [0.2, 0.25) is 0 Å². The lowest BCUT2D eigenvalue weighted by Crippen LogP contribution is -2.33. The molecule has 0 aromatic heterocycles. The van der Waals surface area contributed by atoms with Crippen molar-refractivity contribution in [3.63, 3.8) is 0 Å². The molecule has 0 aliphatic carbocycles. The van der Waals surface area contributed by atoms with Crippen molar-refractivity contribution in [3.05, 3.63) is 41.0 Å². The summed E-state index contributed by atoms with van der Waals surface area (Å²) in [4.78, 5) is 0.116. The SMILES string of the molecule is C/C(C#N)=C(/C#N)CN(CC#C[Si])S(=O)(=O)c1ccc(C)cc1. The van der Waals surface area contributed by atoms with Gasteiger partial charge in [-0.05, 0) is 26.0 Å². The molecule has 0 spiro atoms. The van der Waals surface area contributed by atoms with Crippen LogP contribution in [0.15, 0.2) is 40.3 Å². The van der Waals surface area contributed by atoms with Crippen LogP contribution in [0.25, 0.3) is 0 Å². The van der Waals surface area contributed by atoms with E-state index in [0.717, 1.165) is 9.87 Å². The van der Waals surface area contributed by atoms with Gasteiger partial charge >= 0.3 is 0 Å². The quantitative estimate of drug-likeness (QED) is 0.462. The van der Waals surface area contributed by atoms with E-state index in [9.17, 15) is 8.42 Å². The number of sulfonamides is 1. The van der Waals surface area contributed by atoms with Gasteiger partial charge in [-0.15, -0.1) is 5.54 Å². The second kappa shape index (κ2) is 8.31. The predicted molar refractivity (Wildman–Crippen MR) is 87.4 cm³/mol. The summed E-state index contributed by atoms with van der Waals surface area (Å²) in [6, 6.07) is 10.2. The maximum Gasteiger partial charge on any atom is 0.244 e. The van der Waals surface area contributed by atoms with Crippen LogP contribution in [0.1, 0.15) is 12.5 Å². The van der Waals surface area contributed by atoms with Crippen LogP contribution in [0.5, 0.6) is 0 Å². The first kappa shape index (κ1) is 18.7. The van der Waals surface area contributed by atoms with Crippen molar-refractivity contribution >= 4 is 20.3 Å². The van der Waals surface area contributed by atoms with Crippen LogP contribution in [0.3, 0.4) is 0 Å². The standard InChI is InChI=1S/C16H14N3O2SSi/c1-13-4-6-16(7-5-13)22(20,21)19(8-3-9-23)12-15(11-18)14(2)10-17/h4-7H,8,12H2,1-2H3/b15-14+. The van der Waals surface area contributed by atoms with Crippen LogP contribution in [0.4, 0.5) is 0 Å². The van der Waals surface area contributed by atoms with Crippen LogP contribution < -0.4 is 0 Å². The highest BCUT2D eigenvalue weighted by atomic mass is 32.2. The highest BCUT2D eigenvalue weighted by molar-refractivity contribution is 7.89. The lowest BCUT2D eigenvalue weighted by Gasteiger charge is -2.20. The highest BCUT2D eigenvalue weighted by Crippen LogP contribution is 2.18. The fourth-order valence-corrected chi connectivity index (χ4v) is 3.09. The van der Waals surface area contributed by atoms with Crippen molar-refractivity contribution in [2.45, 2.75) is 18.7 Å². The number of nitriles is 2. The van der Waals surface area contributed by atoms with Gasteiger partial charge in [0.2, 0.25) is 10.0 Å². The Morgan fingerprint density at radius 3 is 2.30 bits per heavy atom.